The molecule has 0 aliphatic heterocycles. The minimum atomic E-state index is -0.314. The molecule has 0 saturated heterocycles. The Balaban J connectivity index is 3.64. The minimum absolute atomic E-state index is 0.314. The highest BCUT2D eigenvalue weighted by atomic mass is 16.6. The van der Waals surface area contributed by atoms with Crippen LogP contribution in [0, 0.1) is 11.1 Å². The average Bonchev–Trinajstić information content (AvgIpc) is 2.22. The molecule has 16 heavy (non-hydrogen) atoms. The van der Waals surface area contributed by atoms with E-state index in [-0.39, 0.29) is 4.76 Å². The van der Waals surface area contributed by atoms with Gasteiger partial charge >= 0.3 is 0 Å². The first-order chi connectivity index (χ1) is 7.52. The topological polar surface area (TPSA) is 35.1 Å². The predicted molar refractivity (Wildman–Crippen MR) is 70.5 cm³/mol. The summed E-state index contributed by atoms with van der Waals surface area (Å²) in [6, 6.07) is 0. The summed E-state index contributed by atoms with van der Waals surface area (Å²) < 4.78 is -0.314. The molecule has 0 rings (SSSR count). The van der Waals surface area contributed by atoms with Crippen molar-refractivity contribution in [1.82, 2.24) is 5.43 Å². The van der Waals surface area contributed by atoms with Gasteiger partial charge in [-0.2, -0.15) is 5.43 Å². The van der Waals surface area contributed by atoms with Crippen molar-refractivity contribution < 1.29 is 4.76 Å². The Morgan fingerprint density at radius 1 is 1.44 bits per heavy atom. The molecular formula is C13H28N2O. The number of allylic oxidation sites excluding steroid dienone is 1. The largest absolute Gasteiger partial charge is 0.612 e. The summed E-state index contributed by atoms with van der Waals surface area (Å²) in [5.74, 6) is 0.557. The average molecular weight is 228 g/mol. The van der Waals surface area contributed by atoms with Gasteiger partial charge < -0.3 is 5.21 Å². The fourth-order valence-corrected chi connectivity index (χ4v) is 1.64. The summed E-state index contributed by atoms with van der Waals surface area (Å²) in [6.45, 7) is 9.51. The van der Waals surface area contributed by atoms with Crippen LogP contribution >= 0.6 is 0 Å². The summed E-state index contributed by atoms with van der Waals surface area (Å²) in [5, 5.41) is 12.0. The quantitative estimate of drug-likeness (QED) is 0.270. The Bertz CT molecular complexity index is 181. The molecule has 0 aliphatic rings. The van der Waals surface area contributed by atoms with Crippen LogP contribution < -0.4 is 5.43 Å². The first-order valence-electron chi connectivity index (χ1n) is 6.44. The highest BCUT2D eigenvalue weighted by Crippen LogP contribution is 2.10. The summed E-state index contributed by atoms with van der Waals surface area (Å²) in [7, 11) is 1.70. The maximum absolute atomic E-state index is 12.0. The molecule has 0 aliphatic carbocycles. The normalized spacial score (nSPS) is 16.8. The molecule has 0 amide bonds. The van der Waals surface area contributed by atoms with Gasteiger partial charge in [-0.3, -0.25) is 4.76 Å². The van der Waals surface area contributed by atoms with Gasteiger partial charge in [0.15, 0.2) is 0 Å². The van der Waals surface area contributed by atoms with E-state index < -0.39 is 0 Å². The molecule has 96 valence electrons. The monoisotopic (exact) mass is 228 g/mol. The standard InChI is InChI=1S/C13H28N2O/c1-5-7-8-11-14-15(4,16)12-10-13(3)9-6-2/h6,13-14H,2,5,7-12H2,1,3-4H3. The number of rotatable bonds is 10. The predicted octanol–water partition coefficient (Wildman–Crippen LogP) is 3.23. The van der Waals surface area contributed by atoms with Crippen molar-refractivity contribution in [3.05, 3.63) is 17.9 Å². The van der Waals surface area contributed by atoms with Crippen molar-refractivity contribution in [2.24, 2.45) is 5.92 Å². The number of hydrogen-bond donors (Lipinski definition) is 1. The molecule has 1 N–H and O–H groups in total. The molecule has 2 unspecified atom stereocenters. The minimum Gasteiger partial charge on any atom is -0.612 e. The summed E-state index contributed by atoms with van der Waals surface area (Å²) >= 11 is 0. The zero-order chi connectivity index (χ0) is 12.4. The van der Waals surface area contributed by atoms with E-state index in [0.29, 0.717) is 12.5 Å². The highest BCUT2D eigenvalue weighted by molar-refractivity contribution is 4.70. The van der Waals surface area contributed by atoms with Crippen molar-refractivity contribution in [2.45, 2.75) is 46.0 Å². The van der Waals surface area contributed by atoms with Crippen molar-refractivity contribution >= 4 is 0 Å². The van der Waals surface area contributed by atoms with Gasteiger partial charge in [-0.05, 0) is 18.8 Å². The van der Waals surface area contributed by atoms with Crippen LogP contribution in [-0.4, -0.2) is 24.9 Å². The molecule has 0 aromatic rings. The third kappa shape index (κ3) is 8.89. The number of hydrogen-bond acceptors (Lipinski definition) is 2. The maximum atomic E-state index is 12.0. The number of nitrogens with one attached hydrogen (secondary N) is 1. The van der Waals surface area contributed by atoms with E-state index in [9.17, 15) is 5.21 Å². The molecule has 0 spiro atoms. The second kappa shape index (κ2) is 8.74. The van der Waals surface area contributed by atoms with Gasteiger partial charge in [0, 0.05) is 13.0 Å². The van der Waals surface area contributed by atoms with Gasteiger partial charge in [0.25, 0.3) is 0 Å². The van der Waals surface area contributed by atoms with E-state index in [0.717, 1.165) is 25.8 Å². The SMILES string of the molecule is C=CCC(C)CC[N+](C)([O-])NCCCCC. The molecule has 0 saturated carbocycles. The molecule has 2 atom stereocenters. The van der Waals surface area contributed by atoms with Gasteiger partial charge in [-0.1, -0.05) is 32.8 Å². The third-order valence-corrected chi connectivity index (χ3v) is 2.84. The second-order valence-electron chi connectivity index (χ2n) is 4.86. The van der Waals surface area contributed by atoms with Gasteiger partial charge in [0.05, 0.1) is 13.6 Å². The zero-order valence-corrected chi connectivity index (χ0v) is 11.2. The zero-order valence-electron chi connectivity index (χ0n) is 11.2. The van der Waals surface area contributed by atoms with E-state index >= 15 is 0 Å². The summed E-state index contributed by atoms with van der Waals surface area (Å²) in [6.07, 6.45) is 7.35. The van der Waals surface area contributed by atoms with Crippen LogP contribution in [0.5, 0.6) is 0 Å². The maximum Gasteiger partial charge on any atom is 0.0960 e. The van der Waals surface area contributed by atoms with Gasteiger partial charge in [0.1, 0.15) is 0 Å². The Kier molecular flexibility index (Phi) is 8.53. The summed E-state index contributed by atoms with van der Waals surface area (Å²) in [5.41, 5.74) is 3.05. The molecule has 0 aromatic heterocycles. The van der Waals surface area contributed by atoms with Crippen molar-refractivity contribution in [3.8, 4) is 0 Å². The van der Waals surface area contributed by atoms with Crippen LogP contribution in [0.2, 0.25) is 0 Å². The molecule has 3 heteroatoms. The molecule has 0 radical (unpaired) electrons. The van der Waals surface area contributed by atoms with E-state index in [1.807, 2.05) is 6.08 Å². The lowest BCUT2D eigenvalue weighted by Gasteiger charge is -2.38. The Hall–Kier alpha value is -0.380. The number of nitrogens with zero attached hydrogens (tertiary/aromatic N) is 1. The van der Waals surface area contributed by atoms with Crippen LogP contribution in [0.25, 0.3) is 0 Å². The van der Waals surface area contributed by atoms with Crippen LogP contribution in [0.1, 0.15) is 46.0 Å². The van der Waals surface area contributed by atoms with Gasteiger partial charge in [-0.15, -0.1) is 6.58 Å². The van der Waals surface area contributed by atoms with Gasteiger partial charge in [-0.25, -0.2) is 0 Å². The fourth-order valence-electron chi connectivity index (χ4n) is 1.64. The van der Waals surface area contributed by atoms with Crippen LogP contribution in [-0.2, 0) is 0 Å². The summed E-state index contributed by atoms with van der Waals surface area (Å²) in [4.78, 5) is 0. The number of unbranched alkanes of at least 4 members (excludes halogenated alkanes) is 2. The lowest BCUT2D eigenvalue weighted by Crippen LogP contribution is -2.51. The van der Waals surface area contributed by atoms with E-state index in [2.05, 4.69) is 25.9 Å². The molecule has 3 nitrogen and oxygen atoms in total. The first kappa shape index (κ1) is 15.6. The Morgan fingerprint density at radius 3 is 2.69 bits per heavy atom. The van der Waals surface area contributed by atoms with Crippen LogP contribution in [0.3, 0.4) is 0 Å². The highest BCUT2D eigenvalue weighted by Gasteiger charge is 2.11. The molecule has 0 aromatic carbocycles. The second-order valence-corrected chi connectivity index (χ2v) is 4.86. The lowest BCUT2D eigenvalue weighted by molar-refractivity contribution is -0.906. The lowest BCUT2D eigenvalue weighted by atomic mass is 10.0. The molecule has 0 fully saturated rings. The first-order valence-corrected chi connectivity index (χ1v) is 6.44. The van der Waals surface area contributed by atoms with E-state index in [4.69, 9.17) is 0 Å². The van der Waals surface area contributed by atoms with E-state index in [1.54, 1.807) is 7.05 Å². The van der Waals surface area contributed by atoms with E-state index in [1.165, 1.54) is 12.8 Å². The van der Waals surface area contributed by atoms with Crippen LogP contribution in [0.15, 0.2) is 12.7 Å². The third-order valence-electron chi connectivity index (χ3n) is 2.84. The molecule has 0 heterocycles. The van der Waals surface area contributed by atoms with Gasteiger partial charge in [0.2, 0.25) is 0 Å². The molecular weight excluding hydrogens is 200 g/mol. The Labute approximate surface area is 101 Å². The fraction of sp³-hybridized carbons (Fsp3) is 0.846. The van der Waals surface area contributed by atoms with Crippen LogP contribution in [0.4, 0.5) is 0 Å². The number of hydroxylamine groups is 2. The number of quaternary nitrogens is 1. The van der Waals surface area contributed by atoms with Crippen molar-refractivity contribution in [2.75, 3.05) is 20.1 Å². The molecule has 0 bridgehead atoms. The Morgan fingerprint density at radius 2 is 2.12 bits per heavy atom. The smallest absolute Gasteiger partial charge is 0.0960 e. The van der Waals surface area contributed by atoms with Crippen molar-refractivity contribution in [1.29, 1.82) is 0 Å². The van der Waals surface area contributed by atoms with Crippen molar-refractivity contribution in [3.63, 3.8) is 0 Å².